The molecule has 0 spiro atoms. The van der Waals surface area contributed by atoms with Gasteiger partial charge in [-0.2, -0.15) is 0 Å². The molecule has 0 saturated heterocycles. The maximum Gasteiger partial charge on any atom is 0.330 e. The summed E-state index contributed by atoms with van der Waals surface area (Å²) in [6, 6.07) is 5.60. The summed E-state index contributed by atoms with van der Waals surface area (Å²) in [5.74, 6) is 0.151. The van der Waals surface area contributed by atoms with E-state index in [0.717, 1.165) is 16.4 Å². The van der Waals surface area contributed by atoms with Crippen molar-refractivity contribution in [2.75, 3.05) is 5.32 Å². The molecule has 0 aliphatic heterocycles. The van der Waals surface area contributed by atoms with Crippen molar-refractivity contribution in [3.05, 3.63) is 24.4 Å². The Balaban J connectivity index is 0.00000364. The van der Waals surface area contributed by atoms with Gasteiger partial charge in [0.25, 0.3) is 0 Å². The number of aromatic nitrogens is 2. The van der Waals surface area contributed by atoms with E-state index >= 15 is 0 Å². The fourth-order valence-corrected chi connectivity index (χ4v) is 1.83. The highest BCUT2D eigenvalue weighted by Crippen LogP contribution is 2.24. The van der Waals surface area contributed by atoms with Crippen molar-refractivity contribution < 1.29 is 16.0 Å². The molecule has 1 aromatic heterocycles. The first-order valence-corrected chi connectivity index (χ1v) is 8.61. The van der Waals surface area contributed by atoms with Crippen LogP contribution < -0.4 is 10.8 Å². The Morgan fingerprint density at radius 2 is 1.85 bits per heavy atom. The molecule has 141 valence electrons. The second-order valence-electron chi connectivity index (χ2n) is 8.52. The first-order chi connectivity index (χ1) is 11.8. The molecule has 1 heterocycles. The molecule has 1 aromatic carbocycles. The summed E-state index contributed by atoms with van der Waals surface area (Å²) in [4.78, 5) is 20.6. The summed E-state index contributed by atoms with van der Waals surface area (Å²) in [6.07, 6.45) is 1.67. The van der Waals surface area contributed by atoms with E-state index in [1.54, 1.807) is 27.5 Å². The van der Waals surface area contributed by atoms with Gasteiger partial charge in [0, 0.05) is 18.4 Å². The molecule has 0 bridgehead atoms. The van der Waals surface area contributed by atoms with Gasteiger partial charge in [-0.15, -0.1) is 0 Å². The number of nitrogens with one attached hydrogen (secondary N) is 1. The van der Waals surface area contributed by atoms with Crippen molar-refractivity contribution in [1.82, 2.24) is 9.97 Å². The highest BCUT2D eigenvalue weighted by molar-refractivity contribution is 6.47. The number of benzene rings is 1. The van der Waals surface area contributed by atoms with Gasteiger partial charge >= 0.3 is 7.48 Å². The molecule has 1 radical (unpaired) electrons. The average molecular weight is 358 g/mol. The highest BCUT2D eigenvalue weighted by Gasteiger charge is 2.35. The number of amides is 1. The second-order valence-corrected chi connectivity index (χ2v) is 8.52. The molecule has 0 fully saturated rings. The third-order valence-electron chi connectivity index (χ3n) is 4.47. The Morgan fingerprint density at radius 1 is 1.19 bits per heavy atom. The van der Waals surface area contributed by atoms with E-state index in [0.29, 0.717) is 0 Å². The number of fused-ring (bicyclic) bond motifs is 1. The van der Waals surface area contributed by atoms with Crippen LogP contribution in [0.3, 0.4) is 0 Å². The zero-order valence-corrected chi connectivity index (χ0v) is 16.5. The predicted molar refractivity (Wildman–Crippen MR) is 107 cm³/mol. The van der Waals surface area contributed by atoms with Crippen molar-refractivity contribution in [2.24, 2.45) is 5.41 Å². The van der Waals surface area contributed by atoms with Crippen LogP contribution in [0, 0.1) is 5.41 Å². The molecule has 0 aliphatic carbocycles. The minimum atomic E-state index is -0.983. The number of anilines is 1. The average Bonchev–Trinajstić information content (AvgIpc) is 2.51. The second kappa shape index (κ2) is 6.97. The van der Waals surface area contributed by atoms with E-state index in [-0.39, 0.29) is 13.3 Å². The van der Waals surface area contributed by atoms with Crippen LogP contribution in [-0.4, -0.2) is 39.7 Å². The Kier molecular flexibility index (Phi) is 5.45. The van der Waals surface area contributed by atoms with Crippen LogP contribution in [0.4, 0.5) is 5.95 Å². The van der Waals surface area contributed by atoms with Gasteiger partial charge in [0.15, 0.2) is 0 Å². The number of carbonyl (C=O) groups is 1. The van der Waals surface area contributed by atoms with E-state index in [2.05, 4.69) is 15.3 Å². The van der Waals surface area contributed by atoms with E-state index < -0.39 is 16.6 Å². The standard InChI is InChI=1S/C19H27BN3O3.H2/c1-17(2,3)15(24)23-16-21-11-12-10-13(8-9-14(12)22-16)20-26-19(6,7)18(4,5)25;/h8-11,25H,1-7H3,(H,21,22,23,24);1H. The van der Waals surface area contributed by atoms with Gasteiger partial charge in [-0.3, -0.25) is 10.1 Å². The fourth-order valence-electron chi connectivity index (χ4n) is 1.83. The summed E-state index contributed by atoms with van der Waals surface area (Å²) in [5, 5.41) is 13.7. The number of carbonyl (C=O) groups excluding carboxylic acids is 1. The summed E-state index contributed by atoms with van der Waals surface area (Å²) < 4.78 is 5.77. The zero-order chi connectivity index (χ0) is 19.8. The van der Waals surface area contributed by atoms with Gasteiger partial charge in [0.2, 0.25) is 11.9 Å². The predicted octanol–water partition coefficient (Wildman–Crippen LogP) is 2.67. The number of nitrogens with zero attached hydrogens (tertiary/aromatic N) is 2. The number of rotatable bonds is 5. The van der Waals surface area contributed by atoms with E-state index in [9.17, 15) is 9.90 Å². The van der Waals surface area contributed by atoms with Gasteiger partial charge in [0.1, 0.15) is 0 Å². The minimum Gasteiger partial charge on any atom is -0.427 e. The van der Waals surface area contributed by atoms with Crippen LogP contribution in [0.5, 0.6) is 0 Å². The topological polar surface area (TPSA) is 84.3 Å². The SMILES string of the molecule is CC(C)(C)C(=O)Nc1ncc2cc([B]OC(C)(C)C(C)(C)O)ccc2n1.[HH]. The fraction of sp³-hybridized carbons (Fsp3) is 0.526. The summed E-state index contributed by atoms with van der Waals surface area (Å²) >= 11 is 0. The van der Waals surface area contributed by atoms with Gasteiger partial charge < -0.3 is 9.76 Å². The van der Waals surface area contributed by atoms with Crippen molar-refractivity contribution in [3.8, 4) is 0 Å². The van der Waals surface area contributed by atoms with Crippen molar-refractivity contribution in [1.29, 1.82) is 0 Å². The first-order valence-electron chi connectivity index (χ1n) is 8.61. The van der Waals surface area contributed by atoms with Crippen molar-refractivity contribution >= 4 is 35.7 Å². The van der Waals surface area contributed by atoms with Crippen LogP contribution in [0.2, 0.25) is 0 Å². The normalized spacial score (nSPS) is 12.9. The summed E-state index contributed by atoms with van der Waals surface area (Å²) in [5.41, 5.74) is -0.668. The smallest absolute Gasteiger partial charge is 0.330 e. The van der Waals surface area contributed by atoms with E-state index in [1.165, 1.54) is 0 Å². The van der Waals surface area contributed by atoms with E-state index in [1.807, 2.05) is 52.8 Å². The van der Waals surface area contributed by atoms with Crippen LogP contribution in [-0.2, 0) is 9.45 Å². The van der Waals surface area contributed by atoms with Crippen LogP contribution in [0.15, 0.2) is 24.4 Å². The molecule has 2 N–H and O–H groups in total. The van der Waals surface area contributed by atoms with E-state index in [4.69, 9.17) is 4.65 Å². The molecular formula is C19H29BN3O3. The lowest BCUT2D eigenvalue weighted by Crippen LogP contribution is -2.49. The molecule has 26 heavy (non-hydrogen) atoms. The monoisotopic (exact) mass is 358 g/mol. The Labute approximate surface area is 157 Å². The number of hydrogen-bond donors (Lipinski definition) is 2. The lowest BCUT2D eigenvalue weighted by Gasteiger charge is -2.37. The molecule has 0 aliphatic rings. The van der Waals surface area contributed by atoms with Gasteiger partial charge in [-0.05, 0) is 33.8 Å². The quantitative estimate of drug-likeness (QED) is 0.803. The third kappa shape index (κ3) is 4.80. The molecule has 7 heteroatoms. The Bertz CT molecular complexity index is 814. The number of hydrogen-bond acceptors (Lipinski definition) is 5. The van der Waals surface area contributed by atoms with Crippen molar-refractivity contribution in [3.63, 3.8) is 0 Å². The van der Waals surface area contributed by atoms with Crippen LogP contribution >= 0.6 is 0 Å². The third-order valence-corrected chi connectivity index (χ3v) is 4.47. The zero-order valence-electron chi connectivity index (χ0n) is 16.5. The minimum absolute atomic E-state index is 0. The molecule has 2 rings (SSSR count). The van der Waals surface area contributed by atoms with Gasteiger partial charge in [-0.1, -0.05) is 38.4 Å². The molecule has 2 aromatic rings. The first kappa shape index (κ1) is 20.3. The highest BCUT2D eigenvalue weighted by atomic mass is 16.5. The maximum atomic E-state index is 12.1. The molecule has 0 saturated carbocycles. The molecule has 1 amide bonds. The van der Waals surface area contributed by atoms with Crippen LogP contribution in [0.1, 0.15) is 49.9 Å². The Hall–Kier alpha value is -1.99. The Morgan fingerprint density at radius 3 is 2.42 bits per heavy atom. The molecular weight excluding hydrogens is 329 g/mol. The largest absolute Gasteiger partial charge is 0.427 e. The van der Waals surface area contributed by atoms with Crippen molar-refractivity contribution in [2.45, 2.75) is 59.7 Å². The lowest BCUT2D eigenvalue weighted by atomic mass is 9.82. The maximum absolute atomic E-state index is 12.1. The lowest BCUT2D eigenvalue weighted by molar-refractivity contribution is -0.123. The molecule has 0 unspecified atom stereocenters. The summed E-state index contributed by atoms with van der Waals surface area (Å²) in [6.45, 7) is 12.6. The molecule has 6 nitrogen and oxygen atoms in total. The van der Waals surface area contributed by atoms with Crippen LogP contribution in [0.25, 0.3) is 10.9 Å². The summed E-state index contributed by atoms with van der Waals surface area (Å²) in [7, 11) is 1.62. The van der Waals surface area contributed by atoms with Gasteiger partial charge in [-0.25, -0.2) is 9.97 Å². The number of aliphatic hydroxyl groups is 1. The van der Waals surface area contributed by atoms with Gasteiger partial charge in [0.05, 0.1) is 16.7 Å². The molecule has 0 atom stereocenters.